The fourth-order valence-electron chi connectivity index (χ4n) is 9.88. The summed E-state index contributed by atoms with van der Waals surface area (Å²) in [6, 6.07) is 46.5. The van der Waals surface area contributed by atoms with Crippen molar-refractivity contribution >= 4 is 67.4 Å². The summed E-state index contributed by atoms with van der Waals surface area (Å²) >= 11 is 0. The molecular weight excluding hydrogens is 639 g/mol. The van der Waals surface area contributed by atoms with Gasteiger partial charge in [0.1, 0.15) is 0 Å². The first-order chi connectivity index (χ1) is 25.6. The number of allylic oxidation sites excluding steroid dienone is 2. The predicted molar refractivity (Wildman–Crippen MR) is 228 cm³/mol. The van der Waals surface area contributed by atoms with Gasteiger partial charge >= 0.3 is 0 Å². The molecule has 1 unspecified atom stereocenters. The molecule has 0 amide bonds. The number of hydrogen-bond donors (Lipinski definition) is 0. The fourth-order valence-corrected chi connectivity index (χ4v) is 9.88. The van der Waals surface area contributed by atoms with Crippen molar-refractivity contribution in [2.75, 3.05) is 4.90 Å². The number of aromatic nitrogens is 1. The Balaban J connectivity index is 1.24. The maximum Gasteiger partial charge on any atom is 0.252 e. The summed E-state index contributed by atoms with van der Waals surface area (Å²) in [6.45, 7) is 14.4. The fraction of sp³-hybridized carbons (Fsp3) is 0.200. The lowest BCUT2D eigenvalue weighted by molar-refractivity contribution is 0.590. The van der Waals surface area contributed by atoms with Crippen LogP contribution in [-0.2, 0) is 10.8 Å². The number of fused-ring (bicyclic) bond motifs is 10. The van der Waals surface area contributed by atoms with Crippen LogP contribution in [0.15, 0.2) is 133 Å². The highest BCUT2D eigenvalue weighted by Crippen LogP contribution is 2.52. The Morgan fingerprint density at radius 2 is 1.28 bits per heavy atom. The maximum atomic E-state index is 2.73. The van der Waals surface area contributed by atoms with E-state index in [1.165, 1.54) is 99.8 Å². The lowest BCUT2D eigenvalue weighted by atomic mass is 9.33. The Morgan fingerprint density at radius 3 is 2.02 bits per heavy atom. The van der Waals surface area contributed by atoms with Crippen LogP contribution in [-0.4, -0.2) is 17.3 Å². The van der Waals surface area contributed by atoms with E-state index < -0.39 is 0 Å². The van der Waals surface area contributed by atoms with Gasteiger partial charge in [-0.1, -0.05) is 133 Å². The minimum Gasteiger partial charge on any atom is -0.334 e. The van der Waals surface area contributed by atoms with Gasteiger partial charge in [-0.3, -0.25) is 0 Å². The van der Waals surface area contributed by atoms with E-state index in [2.05, 4.69) is 184 Å². The molecule has 7 aromatic rings. The largest absolute Gasteiger partial charge is 0.334 e. The van der Waals surface area contributed by atoms with Gasteiger partial charge in [0.05, 0.1) is 11.6 Å². The highest BCUT2D eigenvalue weighted by atomic mass is 15.2. The molecule has 1 atom stereocenters. The number of benzene rings is 6. The standard InChI is InChI=1S/C50H43BN2/c1-49(2,3)34-26-38-36-24-32(30-14-9-7-10-15-30)20-22-42(36)52-44-18-13-19-45-46(44)51(40(28-34)47(38)52)41-29-35(50(4,5)6)27-39-37-25-33(31-16-11-8-12-17-31)21-23-43(37)53(45)48(39)41/h7-22,24-29,43H,23H2,1-6H3. The van der Waals surface area contributed by atoms with E-state index in [4.69, 9.17) is 0 Å². The Hall–Kier alpha value is -5.54. The van der Waals surface area contributed by atoms with Crippen LogP contribution in [0, 0.1) is 0 Å². The third-order valence-electron chi connectivity index (χ3n) is 12.5. The molecular formula is C50H43BN2. The number of anilines is 2. The second-order valence-corrected chi connectivity index (χ2v) is 17.7. The SMILES string of the molecule is CC(C)(C)c1cc2c3c(c1)C1=CC(c4ccccc4)=CCC1N3c1cccc3c1B2c1cc(C(C)(C)C)cc2c4cc(-c5ccccc5)ccc4n-3c12. The normalized spacial score (nSPS) is 16.8. The van der Waals surface area contributed by atoms with E-state index in [1.54, 1.807) is 0 Å². The van der Waals surface area contributed by atoms with Crippen LogP contribution in [0.4, 0.5) is 11.4 Å². The first-order valence-electron chi connectivity index (χ1n) is 19.3. The molecule has 4 heterocycles. The van der Waals surface area contributed by atoms with E-state index in [-0.39, 0.29) is 23.6 Å². The molecule has 3 aliphatic heterocycles. The highest BCUT2D eigenvalue weighted by molar-refractivity contribution is 7.00. The molecule has 1 aliphatic carbocycles. The molecule has 0 N–H and O–H groups in total. The van der Waals surface area contributed by atoms with E-state index in [0.717, 1.165) is 6.42 Å². The molecule has 4 aliphatic rings. The van der Waals surface area contributed by atoms with Crippen LogP contribution < -0.4 is 21.3 Å². The monoisotopic (exact) mass is 682 g/mol. The average Bonchev–Trinajstić information content (AvgIpc) is 3.67. The third kappa shape index (κ3) is 4.28. The highest BCUT2D eigenvalue weighted by Gasteiger charge is 2.49. The van der Waals surface area contributed by atoms with E-state index in [1.807, 2.05) is 0 Å². The molecule has 0 bridgehead atoms. The van der Waals surface area contributed by atoms with Gasteiger partial charge in [0.15, 0.2) is 0 Å². The zero-order chi connectivity index (χ0) is 36.0. The first kappa shape index (κ1) is 31.0. The second-order valence-electron chi connectivity index (χ2n) is 17.7. The average molecular weight is 683 g/mol. The van der Waals surface area contributed by atoms with Crippen molar-refractivity contribution in [1.82, 2.24) is 4.57 Å². The molecule has 53 heavy (non-hydrogen) atoms. The van der Waals surface area contributed by atoms with E-state index in [9.17, 15) is 0 Å². The molecule has 0 saturated heterocycles. The van der Waals surface area contributed by atoms with Crippen molar-refractivity contribution in [3.05, 3.63) is 156 Å². The summed E-state index contributed by atoms with van der Waals surface area (Å²) in [5, 5.41) is 2.68. The van der Waals surface area contributed by atoms with Crippen molar-refractivity contribution in [2.45, 2.75) is 64.8 Å². The Labute approximate surface area is 313 Å². The van der Waals surface area contributed by atoms with Crippen LogP contribution in [0.5, 0.6) is 0 Å². The van der Waals surface area contributed by atoms with E-state index >= 15 is 0 Å². The number of nitrogens with zero attached hydrogens (tertiary/aromatic N) is 2. The quantitative estimate of drug-likeness (QED) is 0.165. The number of hydrogen-bond acceptors (Lipinski definition) is 1. The summed E-state index contributed by atoms with van der Waals surface area (Å²) in [6.07, 6.45) is 5.95. The molecule has 6 aromatic carbocycles. The molecule has 3 heteroatoms. The summed E-state index contributed by atoms with van der Waals surface area (Å²) in [5.74, 6) is 0. The lowest BCUT2D eigenvalue weighted by Gasteiger charge is -2.41. The molecule has 0 spiro atoms. The van der Waals surface area contributed by atoms with Gasteiger partial charge in [-0.25, -0.2) is 0 Å². The van der Waals surface area contributed by atoms with Crippen LogP contribution in [0.3, 0.4) is 0 Å². The molecule has 2 nitrogen and oxygen atoms in total. The summed E-state index contributed by atoms with van der Waals surface area (Å²) in [4.78, 5) is 2.73. The van der Waals surface area contributed by atoms with Gasteiger partial charge in [0, 0.05) is 38.9 Å². The Morgan fingerprint density at radius 1 is 0.604 bits per heavy atom. The summed E-state index contributed by atoms with van der Waals surface area (Å²) < 4.78 is 2.61. The summed E-state index contributed by atoms with van der Waals surface area (Å²) in [5.41, 5.74) is 21.9. The van der Waals surface area contributed by atoms with Crippen molar-refractivity contribution in [3.8, 4) is 16.8 Å². The van der Waals surface area contributed by atoms with Crippen LogP contribution in [0.2, 0.25) is 0 Å². The van der Waals surface area contributed by atoms with Crippen molar-refractivity contribution in [1.29, 1.82) is 0 Å². The van der Waals surface area contributed by atoms with Crippen molar-refractivity contribution in [2.24, 2.45) is 0 Å². The Bertz CT molecular complexity index is 2770. The lowest BCUT2D eigenvalue weighted by Crippen LogP contribution is -2.61. The van der Waals surface area contributed by atoms with Gasteiger partial charge < -0.3 is 9.47 Å². The number of rotatable bonds is 2. The topological polar surface area (TPSA) is 8.17 Å². The molecule has 0 fully saturated rings. The minimum absolute atomic E-state index is 0.00154. The van der Waals surface area contributed by atoms with Crippen LogP contribution in [0.1, 0.15) is 70.2 Å². The van der Waals surface area contributed by atoms with Crippen molar-refractivity contribution < 1.29 is 0 Å². The molecule has 256 valence electrons. The van der Waals surface area contributed by atoms with Gasteiger partial charge in [-0.05, 0) is 115 Å². The second kappa shape index (κ2) is 10.5. The smallest absolute Gasteiger partial charge is 0.252 e. The van der Waals surface area contributed by atoms with Gasteiger partial charge in [0.2, 0.25) is 0 Å². The van der Waals surface area contributed by atoms with E-state index in [0.29, 0.717) is 0 Å². The van der Waals surface area contributed by atoms with Crippen LogP contribution >= 0.6 is 0 Å². The van der Waals surface area contributed by atoms with Gasteiger partial charge in [-0.15, -0.1) is 0 Å². The van der Waals surface area contributed by atoms with Gasteiger partial charge in [0.25, 0.3) is 6.71 Å². The Kier molecular flexibility index (Phi) is 6.17. The predicted octanol–water partition coefficient (Wildman–Crippen LogP) is 10.6. The molecule has 11 rings (SSSR count). The zero-order valence-corrected chi connectivity index (χ0v) is 31.5. The minimum atomic E-state index is -0.00881. The molecule has 0 radical (unpaired) electrons. The first-order valence-corrected chi connectivity index (χ1v) is 19.3. The van der Waals surface area contributed by atoms with Crippen molar-refractivity contribution in [3.63, 3.8) is 0 Å². The summed E-state index contributed by atoms with van der Waals surface area (Å²) in [7, 11) is 0. The molecule has 1 aromatic heterocycles. The third-order valence-corrected chi connectivity index (χ3v) is 12.5. The van der Waals surface area contributed by atoms with Gasteiger partial charge in [-0.2, -0.15) is 0 Å². The molecule has 0 saturated carbocycles. The van der Waals surface area contributed by atoms with Crippen LogP contribution in [0.25, 0.3) is 49.8 Å². The zero-order valence-electron chi connectivity index (χ0n) is 31.5. The maximum absolute atomic E-state index is 2.73.